The Morgan fingerprint density at radius 2 is 1.96 bits per heavy atom. The first-order valence-corrected chi connectivity index (χ1v) is 10.3. The van der Waals surface area contributed by atoms with Crippen molar-refractivity contribution < 1.29 is 14.3 Å². The van der Waals surface area contributed by atoms with Gasteiger partial charge in [0.2, 0.25) is 11.8 Å². The molecule has 2 amide bonds. The van der Waals surface area contributed by atoms with E-state index in [1.54, 1.807) is 0 Å². The van der Waals surface area contributed by atoms with Crippen LogP contribution in [0, 0.1) is 11.8 Å². The van der Waals surface area contributed by atoms with E-state index in [-0.39, 0.29) is 23.8 Å². The molecule has 3 aliphatic rings. The highest BCUT2D eigenvalue weighted by Gasteiger charge is 2.56. The first-order chi connectivity index (χ1) is 13.0. The lowest BCUT2D eigenvalue weighted by atomic mass is 9.83. The van der Waals surface area contributed by atoms with Crippen LogP contribution in [0.1, 0.15) is 64.0 Å². The number of ether oxygens (including phenoxy) is 1. The molecule has 27 heavy (non-hydrogen) atoms. The van der Waals surface area contributed by atoms with Gasteiger partial charge >= 0.3 is 0 Å². The molecule has 5 heteroatoms. The summed E-state index contributed by atoms with van der Waals surface area (Å²) in [5.41, 5.74) is 0.487. The van der Waals surface area contributed by atoms with Gasteiger partial charge in [-0.05, 0) is 50.5 Å². The Hall–Kier alpha value is -1.88. The molecule has 2 aliphatic carbocycles. The second kappa shape index (κ2) is 7.27. The summed E-state index contributed by atoms with van der Waals surface area (Å²) in [6.45, 7) is 4.50. The highest BCUT2D eigenvalue weighted by atomic mass is 16.5. The fourth-order valence-electron chi connectivity index (χ4n) is 4.70. The normalized spacial score (nSPS) is 31.7. The lowest BCUT2D eigenvalue weighted by Crippen LogP contribution is -2.57. The zero-order valence-corrected chi connectivity index (χ0v) is 16.3. The summed E-state index contributed by atoms with van der Waals surface area (Å²) in [4.78, 5) is 28.1. The van der Waals surface area contributed by atoms with Crippen molar-refractivity contribution in [3.05, 3.63) is 35.9 Å². The number of rotatable bonds is 4. The fourth-order valence-corrected chi connectivity index (χ4v) is 4.70. The van der Waals surface area contributed by atoms with Crippen molar-refractivity contribution in [2.75, 3.05) is 6.61 Å². The summed E-state index contributed by atoms with van der Waals surface area (Å²) in [5.74, 6) is 0.616. The molecule has 5 nitrogen and oxygen atoms in total. The third kappa shape index (κ3) is 3.62. The molecule has 0 radical (unpaired) electrons. The van der Waals surface area contributed by atoms with Gasteiger partial charge < -0.3 is 10.1 Å². The van der Waals surface area contributed by atoms with Crippen molar-refractivity contribution in [3.8, 4) is 0 Å². The Morgan fingerprint density at radius 3 is 2.63 bits per heavy atom. The molecule has 1 aromatic rings. The Bertz CT molecular complexity index is 703. The van der Waals surface area contributed by atoms with Gasteiger partial charge in [0.05, 0.1) is 12.6 Å². The Kier molecular flexibility index (Phi) is 4.97. The molecular weight excluding hydrogens is 340 g/mol. The van der Waals surface area contributed by atoms with Gasteiger partial charge in [0, 0.05) is 5.92 Å². The summed E-state index contributed by atoms with van der Waals surface area (Å²) in [6, 6.07) is 9.30. The summed E-state index contributed by atoms with van der Waals surface area (Å²) in [6.07, 6.45) is 5.77. The SMILES string of the molecule is C[C@@H]1CCC[C@@]2(C1)OC[C@@H](C(=O)N[C@@H](C)c1ccccc1)N2C(=O)C1CC1. The highest BCUT2D eigenvalue weighted by molar-refractivity contribution is 5.90. The number of hydrogen-bond donors (Lipinski definition) is 1. The van der Waals surface area contributed by atoms with Crippen molar-refractivity contribution in [3.63, 3.8) is 0 Å². The molecule has 1 saturated heterocycles. The Labute approximate surface area is 161 Å². The van der Waals surface area contributed by atoms with E-state index >= 15 is 0 Å². The summed E-state index contributed by atoms with van der Waals surface area (Å²) >= 11 is 0. The van der Waals surface area contributed by atoms with Crippen molar-refractivity contribution >= 4 is 11.8 Å². The third-order valence-electron chi connectivity index (χ3n) is 6.32. The van der Waals surface area contributed by atoms with Gasteiger partial charge in [0.15, 0.2) is 0 Å². The van der Waals surface area contributed by atoms with Crippen LogP contribution in [0.15, 0.2) is 30.3 Å². The predicted molar refractivity (Wildman–Crippen MR) is 103 cm³/mol. The number of carbonyl (C=O) groups excluding carboxylic acids is 2. The van der Waals surface area contributed by atoms with Crippen LogP contribution in [0.4, 0.5) is 0 Å². The zero-order chi connectivity index (χ0) is 19.0. The first-order valence-electron chi connectivity index (χ1n) is 10.3. The summed E-state index contributed by atoms with van der Waals surface area (Å²) in [5, 5.41) is 3.10. The van der Waals surface area contributed by atoms with Crippen molar-refractivity contribution in [1.29, 1.82) is 0 Å². The van der Waals surface area contributed by atoms with Crippen molar-refractivity contribution in [2.45, 2.75) is 70.2 Å². The van der Waals surface area contributed by atoms with E-state index in [9.17, 15) is 9.59 Å². The van der Waals surface area contributed by atoms with Crippen molar-refractivity contribution in [2.24, 2.45) is 11.8 Å². The minimum atomic E-state index is -0.574. The average molecular weight is 370 g/mol. The molecule has 0 unspecified atom stereocenters. The van der Waals surface area contributed by atoms with E-state index in [1.807, 2.05) is 42.2 Å². The number of nitrogens with zero attached hydrogens (tertiary/aromatic N) is 1. The minimum Gasteiger partial charge on any atom is -0.353 e. The van der Waals surface area contributed by atoms with Gasteiger partial charge in [0.1, 0.15) is 11.8 Å². The number of hydrogen-bond acceptors (Lipinski definition) is 3. The van der Waals surface area contributed by atoms with Crippen LogP contribution in [0.5, 0.6) is 0 Å². The predicted octanol–water partition coefficient (Wildman–Crippen LogP) is 3.41. The van der Waals surface area contributed by atoms with Gasteiger partial charge in [-0.2, -0.15) is 0 Å². The number of nitrogens with one attached hydrogen (secondary N) is 1. The first kappa shape index (κ1) is 18.5. The second-order valence-corrected chi connectivity index (χ2v) is 8.60. The molecule has 146 valence electrons. The van der Waals surface area contributed by atoms with Crippen LogP contribution in [0.25, 0.3) is 0 Å². The lowest BCUT2D eigenvalue weighted by Gasteiger charge is -2.43. The summed E-state index contributed by atoms with van der Waals surface area (Å²) < 4.78 is 6.23. The lowest BCUT2D eigenvalue weighted by molar-refractivity contribution is -0.164. The van der Waals surface area contributed by atoms with Crippen LogP contribution >= 0.6 is 0 Å². The average Bonchev–Trinajstić information content (AvgIpc) is 3.45. The topological polar surface area (TPSA) is 58.6 Å². The van der Waals surface area contributed by atoms with Crippen LogP contribution < -0.4 is 5.32 Å². The molecule has 1 N–H and O–H groups in total. The monoisotopic (exact) mass is 370 g/mol. The molecule has 4 atom stereocenters. The number of benzene rings is 1. The smallest absolute Gasteiger partial charge is 0.245 e. The molecule has 1 aromatic carbocycles. The third-order valence-corrected chi connectivity index (χ3v) is 6.32. The van der Waals surface area contributed by atoms with Gasteiger partial charge in [0.25, 0.3) is 0 Å². The number of amides is 2. The van der Waals surface area contributed by atoms with E-state index in [2.05, 4.69) is 12.2 Å². The quantitative estimate of drug-likeness (QED) is 0.884. The van der Waals surface area contributed by atoms with E-state index in [1.165, 1.54) is 6.42 Å². The molecule has 1 heterocycles. The molecule has 4 rings (SSSR count). The van der Waals surface area contributed by atoms with Crippen LogP contribution in [-0.2, 0) is 14.3 Å². The van der Waals surface area contributed by atoms with E-state index < -0.39 is 11.8 Å². The Morgan fingerprint density at radius 1 is 1.22 bits per heavy atom. The van der Waals surface area contributed by atoms with E-state index in [0.29, 0.717) is 12.5 Å². The molecular formula is C22H30N2O3. The molecule has 1 aliphatic heterocycles. The zero-order valence-electron chi connectivity index (χ0n) is 16.3. The molecule has 0 aromatic heterocycles. The van der Waals surface area contributed by atoms with Crippen molar-refractivity contribution in [1.82, 2.24) is 10.2 Å². The standard InChI is InChI=1S/C22H30N2O3/c1-15-7-6-12-22(13-15)24(21(26)18-10-11-18)19(14-27-22)20(25)23-16(2)17-8-4-3-5-9-17/h3-5,8-9,15-16,18-19H,6-7,10-14H2,1-2H3,(H,23,25)/t15-,16+,19+,22+/m1/s1. The van der Waals surface area contributed by atoms with E-state index in [0.717, 1.165) is 37.7 Å². The second-order valence-electron chi connectivity index (χ2n) is 8.60. The molecule has 3 fully saturated rings. The number of carbonyl (C=O) groups is 2. The maximum Gasteiger partial charge on any atom is 0.245 e. The maximum atomic E-state index is 13.1. The molecule has 0 bridgehead atoms. The van der Waals surface area contributed by atoms with Gasteiger partial charge in [-0.15, -0.1) is 0 Å². The highest BCUT2D eigenvalue weighted by Crippen LogP contribution is 2.45. The van der Waals surface area contributed by atoms with Crippen LogP contribution in [0.3, 0.4) is 0 Å². The summed E-state index contributed by atoms with van der Waals surface area (Å²) in [7, 11) is 0. The van der Waals surface area contributed by atoms with Gasteiger partial charge in [-0.25, -0.2) is 0 Å². The minimum absolute atomic E-state index is 0.0858. The van der Waals surface area contributed by atoms with Crippen LogP contribution in [-0.4, -0.2) is 35.1 Å². The Balaban J connectivity index is 1.53. The van der Waals surface area contributed by atoms with Gasteiger partial charge in [-0.1, -0.05) is 43.7 Å². The largest absolute Gasteiger partial charge is 0.353 e. The van der Waals surface area contributed by atoms with Crippen LogP contribution in [0.2, 0.25) is 0 Å². The maximum absolute atomic E-state index is 13.1. The molecule has 2 saturated carbocycles. The van der Waals surface area contributed by atoms with Gasteiger partial charge in [-0.3, -0.25) is 14.5 Å². The molecule has 1 spiro atoms. The van der Waals surface area contributed by atoms with E-state index in [4.69, 9.17) is 4.74 Å². The fraction of sp³-hybridized carbons (Fsp3) is 0.636.